The zero-order chi connectivity index (χ0) is 12.2. The molecule has 0 amide bonds. The van der Waals surface area contributed by atoms with E-state index in [0.717, 1.165) is 11.4 Å². The van der Waals surface area contributed by atoms with E-state index < -0.39 is 0 Å². The minimum atomic E-state index is 0.735. The molecule has 0 aromatic rings. The molecule has 0 saturated carbocycles. The number of azo groups is 1. The van der Waals surface area contributed by atoms with Crippen molar-refractivity contribution in [1.82, 2.24) is 0 Å². The Hall–Kier alpha value is -1.96. The lowest BCUT2D eigenvalue weighted by molar-refractivity contribution is 1.12. The van der Waals surface area contributed by atoms with Crippen LogP contribution in [-0.2, 0) is 0 Å². The average molecular weight is 214 g/mol. The highest BCUT2D eigenvalue weighted by atomic mass is 15.1. The summed E-state index contributed by atoms with van der Waals surface area (Å²) in [6.45, 7) is 11.1. The van der Waals surface area contributed by atoms with Crippen molar-refractivity contribution in [3.63, 3.8) is 0 Å². The quantitative estimate of drug-likeness (QED) is 0.451. The second-order valence-corrected chi connectivity index (χ2v) is 2.84. The normalized spacial score (nSPS) is 14.1. The van der Waals surface area contributed by atoms with Crippen molar-refractivity contribution in [1.29, 1.82) is 0 Å². The predicted molar refractivity (Wildman–Crippen MR) is 71.0 cm³/mol. The Morgan fingerprint density at radius 1 is 0.938 bits per heavy atom. The van der Waals surface area contributed by atoms with Crippen LogP contribution in [0.5, 0.6) is 0 Å². The topological polar surface area (TPSA) is 24.7 Å². The lowest BCUT2D eigenvalue weighted by Crippen LogP contribution is -1.73. The molecule has 0 atom stereocenters. The zero-order valence-corrected chi connectivity index (χ0v) is 9.93. The first kappa shape index (κ1) is 14.0. The fourth-order valence-corrected chi connectivity index (χ4v) is 0.883. The maximum absolute atomic E-state index is 4.10. The molecule has 2 nitrogen and oxygen atoms in total. The van der Waals surface area contributed by atoms with Gasteiger partial charge in [0.05, 0.1) is 11.4 Å². The average Bonchev–Trinajstić information content (AvgIpc) is 2.30. The molecule has 2 heteroatoms. The van der Waals surface area contributed by atoms with Crippen LogP contribution in [0.2, 0.25) is 0 Å². The monoisotopic (exact) mass is 214 g/mol. The molecule has 0 aromatic carbocycles. The maximum Gasteiger partial charge on any atom is 0.0856 e. The first-order valence-corrected chi connectivity index (χ1v) is 5.11. The van der Waals surface area contributed by atoms with Gasteiger partial charge in [-0.3, -0.25) is 0 Å². The van der Waals surface area contributed by atoms with Gasteiger partial charge in [0, 0.05) is 0 Å². The Morgan fingerprint density at radius 3 is 2.12 bits per heavy atom. The van der Waals surface area contributed by atoms with Crippen LogP contribution >= 0.6 is 0 Å². The van der Waals surface area contributed by atoms with E-state index in [1.165, 1.54) is 0 Å². The van der Waals surface area contributed by atoms with Crippen LogP contribution in [0.25, 0.3) is 0 Å². The summed E-state index contributed by atoms with van der Waals surface area (Å²) >= 11 is 0. The zero-order valence-electron chi connectivity index (χ0n) is 9.93. The lowest BCUT2D eigenvalue weighted by atomic mass is 10.3. The van der Waals surface area contributed by atoms with E-state index in [4.69, 9.17) is 0 Å². The molecule has 0 bridgehead atoms. The second-order valence-electron chi connectivity index (χ2n) is 2.84. The molecule has 0 N–H and O–H groups in total. The molecule has 0 saturated heterocycles. The van der Waals surface area contributed by atoms with E-state index in [1.54, 1.807) is 24.3 Å². The van der Waals surface area contributed by atoms with E-state index in [2.05, 4.69) is 23.4 Å². The summed E-state index contributed by atoms with van der Waals surface area (Å²) in [4.78, 5) is 0. The third-order valence-electron chi connectivity index (χ3n) is 1.61. The second kappa shape index (κ2) is 9.59. The fraction of sp³-hybridized carbons (Fsp3) is 0.143. The van der Waals surface area contributed by atoms with Crippen molar-refractivity contribution in [2.45, 2.75) is 13.8 Å². The first-order chi connectivity index (χ1) is 7.78. The van der Waals surface area contributed by atoms with Gasteiger partial charge in [-0.1, -0.05) is 43.5 Å². The highest BCUT2D eigenvalue weighted by Crippen LogP contribution is 2.06. The number of hydrogen-bond donors (Lipinski definition) is 0. The summed E-state index contributed by atoms with van der Waals surface area (Å²) in [6, 6.07) is 0. The fourth-order valence-electron chi connectivity index (χ4n) is 0.883. The Kier molecular flexibility index (Phi) is 8.41. The molecular formula is C14H18N2. The van der Waals surface area contributed by atoms with Crippen molar-refractivity contribution >= 4 is 0 Å². The van der Waals surface area contributed by atoms with Crippen molar-refractivity contribution in [3.8, 4) is 0 Å². The van der Waals surface area contributed by atoms with Crippen LogP contribution in [-0.4, -0.2) is 0 Å². The number of hydrogen-bond acceptors (Lipinski definition) is 2. The van der Waals surface area contributed by atoms with Crippen LogP contribution in [0.1, 0.15) is 13.8 Å². The molecule has 0 aliphatic carbocycles. The van der Waals surface area contributed by atoms with Crippen molar-refractivity contribution in [3.05, 3.63) is 73.2 Å². The van der Waals surface area contributed by atoms with Crippen LogP contribution in [0, 0.1) is 0 Å². The molecule has 0 spiro atoms. The van der Waals surface area contributed by atoms with Crippen molar-refractivity contribution < 1.29 is 0 Å². The third kappa shape index (κ3) is 6.49. The van der Waals surface area contributed by atoms with E-state index >= 15 is 0 Å². The van der Waals surface area contributed by atoms with Gasteiger partial charge in [-0.2, -0.15) is 10.2 Å². The molecule has 0 aliphatic heterocycles. The van der Waals surface area contributed by atoms with Gasteiger partial charge in [-0.15, -0.1) is 0 Å². The molecule has 0 heterocycles. The highest BCUT2D eigenvalue weighted by molar-refractivity contribution is 5.24. The van der Waals surface area contributed by atoms with Gasteiger partial charge in [0.1, 0.15) is 0 Å². The molecule has 0 radical (unpaired) electrons. The predicted octanol–water partition coefficient (Wildman–Crippen LogP) is 4.73. The molecule has 0 fully saturated rings. The van der Waals surface area contributed by atoms with Crippen LogP contribution in [0.4, 0.5) is 0 Å². The molecule has 0 unspecified atom stereocenters. The van der Waals surface area contributed by atoms with Gasteiger partial charge in [0.2, 0.25) is 0 Å². The maximum atomic E-state index is 4.10. The van der Waals surface area contributed by atoms with Crippen molar-refractivity contribution in [2.24, 2.45) is 10.2 Å². The molecule has 0 rings (SSSR count). The summed E-state index contributed by atoms with van der Waals surface area (Å²) in [7, 11) is 0. The van der Waals surface area contributed by atoms with Crippen LogP contribution in [0.15, 0.2) is 83.4 Å². The standard InChI is InChI=1S/C14H18N2/c1-5-9-12-14(11-7-3)16-15-13(8-4)10-6-2/h5-12H,1,3H2,2,4H3/b10-6-,12-9-,13-8+,14-11+,16-15+. The Balaban J connectivity index is 4.81. The van der Waals surface area contributed by atoms with Gasteiger partial charge in [-0.05, 0) is 32.1 Å². The molecule has 16 heavy (non-hydrogen) atoms. The Morgan fingerprint density at radius 2 is 1.62 bits per heavy atom. The van der Waals surface area contributed by atoms with Gasteiger partial charge in [0.15, 0.2) is 0 Å². The van der Waals surface area contributed by atoms with Gasteiger partial charge < -0.3 is 0 Å². The Bertz CT molecular complexity index is 366. The minimum absolute atomic E-state index is 0.735. The summed E-state index contributed by atoms with van der Waals surface area (Å²) in [5.41, 5.74) is 1.56. The van der Waals surface area contributed by atoms with E-state index in [1.807, 2.05) is 38.2 Å². The third-order valence-corrected chi connectivity index (χ3v) is 1.61. The molecule has 84 valence electrons. The Labute approximate surface area is 97.8 Å². The largest absolute Gasteiger partial charge is 0.151 e. The summed E-state index contributed by atoms with van der Waals surface area (Å²) in [5.74, 6) is 0. The highest BCUT2D eigenvalue weighted by Gasteiger charge is 1.88. The van der Waals surface area contributed by atoms with Gasteiger partial charge in [-0.25, -0.2) is 0 Å². The van der Waals surface area contributed by atoms with Crippen molar-refractivity contribution in [2.75, 3.05) is 0 Å². The summed E-state index contributed by atoms with van der Waals surface area (Å²) in [6.07, 6.45) is 14.5. The van der Waals surface area contributed by atoms with E-state index in [9.17, 15) is 0 Å². The molecule has 0 aromatic heterocycles. The summed E-state index contributed by atoms with van der Waals surface area (Å²) < 4.78 is 0. The lowest BCUT2D eigenvalue weighted by Gasteiger charge is -1.92. The van der Waals surface area contributed by atoms with Gasteiger partial charge in [0.25, 0.3) is 0 Å². The number of rotatable bonds is 6. The van der Waals surface area contributed by atoms with Crippen LogP contribution < -0.4 is 0 Å². The molecule has 0 aliphatic rings. The number of nitrogens with zero attached hydrogens (tertiary/aromatic N) is 2. The van der Waals surface area contributed by atoms with Crippen LogP contribution in [0.3, 0.4) is 0 Å². The summed E-state index contributed by atoms with van der Waals surface area (Å²) in [5, 5.41) is 8.20. The first-order valence-electron chi connectivity index (χ1n) is 5.11. The molecular weight excluding hydrogens is 196 g/mol. The van der Waals surface area contributed by atoms with E-state index in [0.29, 0.717) is 0 Å². The van der Waals surface area contributed by atoms with E-state index in [-0.39, 0.29) is 0 Å². The smallest absolute Gasteiger partial charge is 0.0856 e. The SMILES string of the molecule is C=C\C=C/C(=C\C=C)/N=N/C(/C=C\C)=C/C. The number of allylic oxidation sites excluding steroid dienone is 8. The minimum Gasteiger partial charge on any atom is -0.151 e. The van der Waals surface area contributed by atoms with Gasteiger partial charge >= 0.3 is 0 Å².